The molecule has 0 fully saturated rings. The van der Waals surface area contributed by atoms with Gasteiger partial charge in [-0.2, -0.15) is 10.5 Å². The summed E-state index contributed by atoms with van der Waals surface area (Å²) in [6.45, 7) is 2.18. The Morgan fingerprint density at radius 3 is 2.46 bits per heavy atom. The molecule has 0 unspecified atom stereocenters. The first-order valence-corrected chi connectivity index (χ1v) is 3.87. The van der Waals surface area contributed by atoms with Crippen LogP contribution in [0.5, 0.6) is 0 Å². The molecule has 0 saturated heterocycles. The molecular formula is C10H9N3. The first kappa shape index (κ1) is 9.25. The minimum Gasteiger partial charge on any atom is -0.326 e. The van der Waals surface area contributed by atoms with Crippen molar-refractivity contribution in [2.45, 2.75) is 13.5 Å². The highest BCUT2D eigenvalue weighted by Crippen LogP contribution is 2.16. The van der Waals surface area contributed by atoms with E-state index in [1.807, 2.05) is 25.1 Å². The molecule has 3 heteroatoms. The minimum absolute atomic E-state index is 0.296. The van der Waals surface area contributed by atoms with Gasteiger partial charge in [-0.1, -0.05) is 6.07 Å². The molecule has 0 saturated carbocycles. The molecule has 0 aliphatic rings. The Hall–Kier alpha value is -1.84. The number of rotatable bonds is 1. The van der Waals surface area contributed by atoms with Gasteiger partial charge in [-0.15, -0.1) is 0 Å². The first-order chi connectivity index (χ1) is 6.24. The second-order valence-corrected chi connectivity index (χ2v) is 2.71. The summed E-state index contributed by atoms with van der Waals surface area (Å²) in [6, 6.07) is 7.43. The summed E-state index contributed by atoms with van der Waals surface area (Å²) < 4.78 is 0. The smallest absolute Gasteiger partial charge is 0.101 e. The Kier molecular flexibility index (Phi) is 2.64. The fraction of sp³-hybridized carbons (Fsp3) is 0.200. The Morgan fingerprint density at radius 1 is 1.31 bits per heavy atom. The monoisotopic (exact) mass is 171 g/mol. The van der Waals surface area contributed by atoms with Crippen molar-refractivity contribution >= 4 is 0 Å². The van der Waals surface area contributed by atoms with E-state index in [1.165, 1.54) is 0 Å². The molecule has 0 radical (unpaired) electrons. The average Bonchev–Trinajstić information content (AvgIpc) is 2.17. The maximum absolute atomic E-state index is 8.83. The highest BCUT2D eigenvalue weighted by atomic mass is 14.5. The normalized spacial score (nSPS) is 8.92. The lowest BCUT2D eigenvalue weighted by molar-refractivity contribution is 1.04. The van der Waals surface area contributed by atoms with Gasteiger partial charge < -0.3 is 5.73 Å². The van der Waals surface area contributed by atoms with Crippen LogP contribution in [0.15, 0.2) is 12.1 Å². The molecule has 0 aromatic heterocycles. The third-order valence-electron chi connectivity index (χ3n) is 1.98. The molecular weight excluding hydrogens is 162 g/mol. The predicted molar refractivity (Wildman–Crippen MR) is 48.5 cm³/mol. The van der Waals surface area contributed by atoms with E-state index in [2.05, 4.69) is 0 Å². The zero-order chi connectivity index (χ0) is 9.84. The van der Waals surface area contributed by atoms with E-state index < -0.39 is 0 Å². The first-order valence-electron chi connectivity index (χ1n) is 3.87. The van der Waals surface area contributed by atoms with Crippen molar-refractivity contribution in [1.29, 1.82) is 10.5 Å². The van der Waals surface area contributed by atoms with Crippen molar-refractivity contribution < 1.29 is 0 Å². The maximum atomic E-state index is 8.83. The van der Waals surface area contributed by atoms with Gasteiger partial charge in [0.05, 0.1) is 11.1 Å². The SMILES string of the molecule is Cc1ccc(C#N)c(C#N)c1CN. The second kappa shape index (κ2) is 3.71. The molecule has 0 aliphatic heterocycles. The predicted octanol–water partition coefficient (Wildman–Crippen LogP) is 1.20. The lowest BCUT2D eigenvalue weighted by atomic mass is 9.98. The van der Waals surface area contributed by atoms with E-state index in [0.29, 0.717) is 17.7 Å². The second-order valence-electron chi connectivity index (χ2n) is 2.71. The van der Waals surface area contributed by atoms with Crippen LogP contribution in [0.3, 0.4) is 0 Å². The molecule has 1 rings (SSSR count). The summed E-state index contributed by atoms with van der Waals surface area (Å²) in [7, 11) is 0. The largest absolute Gasteiger partial charge is 0.326 e. The Labute approximate surface area is 77.0 Å². The van der Waals surface area contributed by atoms with Crippen molar-refractivity contribution in [3.63, 3.8) is 0 Å². The fourth-order valence-corrected chi connectivity index (χ4v) is 1.24. The van der Waals surface area contributed by atoms with Crippen molar-refractivity contribution in [2.75, 3.05) is 0 Å². The molecule has 64 valence electrons. The van der Waals surface area contributed by atoms with Crippen molar-refractivity contribution in [2.24, 2.45) is 5.73 Å². The summed E-state index contributed by atoms with van der Waals surface area (Å²) in [5.74, 6) is 0. The fourth-order valence-electron chi connectivity index (χ4n) is 1.24. The van der Waals surface area contributed by atoms with E-state index in [4.69, 9.17) is 16.3 Å². The van der Waals surface area contributed by atoms with Crippen LogP contribution in [0.4, 0.5) is 0 Å². The van der Waals surface area contributed by atoms with E-state index >= 15 is 0 Å². The van der Waals surface area contributed by atoms with Crippen LogP contribution in [0.2, 0.25) is 0 Å². The van der Waals surface area contributed by atoms with Gasteiger partial charge >= 0.3 is 0 Å². The molecule has 0 atom stereocenters. The van der Waals surface area contributed by atoms with Crippen molar-refractivity contribution in [3.8, 4) is 12.1 Å². The minimum atomic E-state index is 0.296. The van der Waals surface area contributed by atoms with E-state index in [1.54, 1.807) is 6.07 Å². The summed E-state index contributed by atoms with van der Waals surface area (Å²) in [6.07, 6.45) is 0. The van der Waals surface area contributed by atoms with Crippen molar-refractivity contribution in [3.05, 3.63) is 34.4 Å². The summed E-state index contributed by atoms with van der Waals surface area (Å²) in [5.41, 5.74) is 8.02. The third kappa shape index (κ3) is 1.51. The Bertz CT molecular complexity index is 407. The molecule has 3 nitrogen and oxygen atoms in total. The maximum Gasteiger partial charge on any atom is 0.101 e. The van der Waals surface area contributed by atoms with Gasteiger partial charge in [0.2, 0.25) is 0 Å². The van der Waals surface area contributed by atoms with Gasteiger partial charge in [-0.05, 0) is 24.1 Å². The summed E-state index contributed by atoms with van der Waals surface area (Å²) in [4.78, 5) is 0. The van der Waals surface area contributed by atoms with Gasteiger partial charge in [0, 0.05) is 6.54 Å². The quantitative estimate of drug-likeness (QED) is 0.689. The van der Waals surface area contributed by atoms with Crippen LogP contribution in [-0.4, -0.2) is 0 Å². The van der Waals surface area contributed by atoms with E-state index in [9.17, 15) is 0 Å². The van der Waals surface area contributed by atoms with Crippen LogP contribution in [-0.2, 0) is 6.54 Å². The molecule has 0 aliphatic carbocycles. The van der Waals surface area contributed by atoms with Crippen molar-refractivity contribution in [1.82, 2.24) is 0 Å². The zero-order valence-electron chi connectivity index (χ0n) is 7.33. The van der Waals surface area contributed by atoms with Crippen LogP contribution in [0, 0.1) is 29.6 Å². The molecule has 0 amide bonds. The average molecular weight is 171 g/mol. The topological polar surface area (TPSA) is 73.6 Å². The van der Waals surface area contributed by atoms with Gasteiger partial charge in [0.1, 0.15) is 12.1 Å². The number of aryl methyl sites for hydroxylation is 1. The summed E-state index contributed by atoms with van der Waals surface area (Å²) >= 11 is 0. The molecule has 2 N–H and O–H groups in total. The number of benzene rings is 1. The van der Waals surface area contributed by atoms with Crippen LogP contribution < -0.4 is 5.73 Å². The van der Waals surface area contributed by atoms with E-state index in [0.717, 1.165) is 11.1 Å². The molecule has 1 aromatic carbocycles. The highest BCUT2D eigenvalue weighted by Gasteiger charge is 2.08. The standard InChI is InChI=1S/C10H9N3/c1-7-2-3-8(4-11)10(6-13)9(7)5-12/h2-3H,5,12H2,1H3. The number of hydrogen-bond donors (Lipinski definition) is 1. The lowest BCUT2D eigenvalue weighted by Gasteiger charge is -2.05. The molecule has 1 aromatic rings. The summed E-state index contributed by atoms with van der Waals surface area (Å²) in [5, 5.41) is 17.5. The van der Waals surface area contributed by atoms with Gasteiger partial charge in [0.15, 0.2) is 0 Å². The molecule has 13 heavy (non-hydrogen) atoms. The number of nitrogens with zero attached hydrogens (tertiary/aromatic N) is 2. The lowest BCUT2D eigenvalue weighted by Crippen LogP contribution is -2.04. The van der Waals surface area contributed by atoms with Crippen LogP contribution in [0.25, 0.3) is 0 Å². The number of nitrogens with two attached hydrogens (primary N) is 1. The Balaban J connectivity index is 3.50. The number of hydrogen-bond acceptors (Lipinski definition) is 3. The van der Waals surface area contributed by atoms with Gasteiger partial charge in [0.25, 0.3) is 0 Å². The Morgan fingerprint density at radius 2 is 2.00 bits per heavy atom. The van der Waals surface area contributed by atoms with E-state index in [-0.39, 0.29) is 0 Å². The third-order valence-corrected chi connectivity index (χ3v) is 1.98. The zero-order valence-corrected chi connectivity index (χ0v) is 7.33. The number of nitriles is 2. The van der Waals surface area contributed by atoms with Gasteiger partial charge in [-0.3, -0.25) is 0 Å². The highest BCUT2D eigenvalue weighted by molar-refractivity contribution is 5.53. The van der Waals surface area contributed by atoms with Crippen LogP contribution in [0.1, 0.15) is 22.3 Å². The molecule has 0 bridgehead atoms. The molecule has 0 heterocycles. The molecule has 0 spiro atoms. The van der Waals surface area contributed by atoms with Gasteiger partial charge in [-0.25, -0.2) is 0 Å². The van der Waals surface area contributed by atoms with Crippen LogP contribution >= 0.6 is 0 Å².